The highest BCUT2D eigenvalue weighted by Gasteiger charge is 2.43. The van der Waals surface area contributed by atoms with Gasteiger partial charge in [-0.25, -0.2) is 0 Å². The van der Waals surface area contributed by atoms with Crippen LogP contribution in [0.1, 0.15) is 19.8 Å². The molecule has 0 aliphatic carbocycles. The third-order valence-corrected chi connectivity index (χ3v) is 2.80. The van der Waals surface area contributed by atoms with Crippen LogP contribution in [0.3, 0.4) is 0 Å². The summed E-state index contributed by atoms with van der Waals surface area (Å²) < 4.78 is 10.3. The second-order valence-electron chi connectivity index (χ2n) is 4.37. The van der Waals surface area contributed by atoms with Crippen LogP contribution in [-0.2, 0) is 14.3 Å². The fraction of sp³-hybridized carbons (Fsp3) is 0.909. The predicted octanol–water partition coefficient (Wildman–Crippen LogP) is -1.83. The van der Waals surface area contributed by atoms with Crippen LogP contribution in [0.4, 0.5) is 0 Å². The summed E-state index contributed by atoms with van der Waals surface area (Å²) in [5.74, 6) is 0.0346. The molecule has 0 radical (unpaired) electrons. The number of carbonyl (C=O) groups excluding carboxylic acids is 1. The number of rotatable bonds is 6. The highest BCUT2D eigenvalue weighted by Crippen LogP contribution is 2.22. The Balaban J connectivity index is 2.41. The van der Waals surface area contributed by atoms with Crippen molar-refractivity contribution in [3.8, 4) is 0 Å². The van der Waals surface area contributed by atoms with Crippen molar-refractivity contribution in [2.45, 2.75) is 50.5 Å². The molecule has 1 heterocycles. The molecule has 4 N–H and O–H groups in total. The highest BCUT2D eigenvalue weighted by molar-refractivity contribution is 5.75. The molecule has 0 amide bonds. The van der Waals surface area contributed by atoms with Gasteiger partial charge in [0.15, 0.2) is 6.29 Å². The van der Waals surface area contributed by atoms with Gasteiger partial charge in [-0.3, -0.25) is 0 Å². The summed E-state index contributed by atoms with van der Waals surface area (Å²) >= 11 is 0. The minimum Gasteiger partial charge on any atom is -0.394 e. The molecule has 1 aliphatic heterocycles. The van der Waals surface area contributed by atoms with Gasteiger partial charge in [-0.15, -0.1) is 0 Å². The lowest BCUT2D eigenvalue weighted by molar-refractivity contribution is -0.301. The van der Waals surface area contributed by atoms with E-state index in [1.54, 1.807) is 0 Å². The molecule has 1 aliphatic rings. The van der Waals surface area contributed by atoms with Crippen LogP contribution in [0.25, 0.3) is 0 Å². The zero-order valence-electron chi connectivity index (χ0n) is 10.2. The fourth-order valence-corrected chi connectivity index (χ4v) is 1.73. The summed E-state index contributed by atoms with van der Waals surface area (Å²) in [5.41, 5.74) is 0. The van der Waals surface area contributed by atoms with E-state index in [9.17, 15) is 20.1 Å². The number of hydrogen-bond donors (Lipinski definition) is 4. The first-order valence-electron chi connectivity index (χ1n) is 5.89. The summed E-state index contributed by atoms with van der Waals surface area (Å²) in [5, 5.41) is 37.6. The Bertz CT molecular complexity index is 268. The molecule has 0 aromatic rings. The van der Waals surface area contributed by atoms with Crippen LogP contribution in [0.5, 0.6) is 0 Å². The molecule has 0 aromatic heterocycles. The zero-order valence-corrected chi connectivity index (χ0v) is 10.2. The van der Waals surface area contributed by atoms with E-state index >= 15 is 0 Å². The van der Waals surface area contributed by atoms with Crippen molar-refractivity contribution in [1.29, 1.82) is 0 Å². The monoisotopic (exact) mass is 264 g/mol. The number of ether oxygens (including phenoxy) is 2. The van der Waals surface area contributed by atoms with Crippen LogP contribution < -0.4 is 0 Å². The lowest BCUT2D eigenvalue weighted by atomic mass is 9.99. The molecule has 7 nitrogen and oxygen atoms in total. The molecule has 106 valence electrons. The normalized spacial score (nSPS) is 36.6. The number of ketones is 1. The largest absolute Gasteiger partial charge is 0.394 e. The topological polar surface area (TPSA) is 116 Å². The first-order chi connectivity index (χ1) is 8.47. The average Bonchev–Trinajstić information content (AvgIpc) is 2.34. The smallest absolute Gasteiger partial charge is 0.186 e. The second-order valence-corrected chi connectivity index (χ2v) is 4.37. The molecule has 0 saturated carbocycles. The first-order valence-corrected chi connectivity index (χ1v) is 5.89. The Morgan fingerprint density at radius 2 is 1.89 bits per heavy atom. The van der Waals surface area contributed by atoms with E-state index in [4.69, 9.17) is 14.6 Å². The molecule has 5 atom stereocenters. The van der Waals surface area contributed by atoms with Gasteiger partial charge >= 0.3 is 0 Å². The van der Waals surface area contributed by atoms with E-state index in [1.165, 1.54) is 6.92 Å². The Hall–Kier alpha value is -0.570. The fourth-order valence-electron chi connectivity index (χ4n) is 1.73. The summed E-state index contributed by atoms with van der Waals surface area (Å²) in [4.78, 5) is 10.7. The number of Topliss-reactive ketones (excluding diaryl/α,β-unsaturated/α-hetero) is 1. The van der Waals surface area contributed by atoms with E-state index in [2.05, 4.69) is 0 Å². The Labute approximate surface area is 105 Å². The third kappa shape index (κ3) is 3.98. The molecular formula is C11H20O7. The minimum atomic E-state index is -1.44. The maximum absolute atomic E-state index is 10.7. The van der Waals surface area contributed by atoms with Gasteiger partial charge in [-0.2, -0.15) is 0 Å². The maximum atomic E-state index is 10.7. The van der Waals surface area contributed by atoms with Crippen molar-refractivity contribution in [2.75, 3.05) is 13.2 Å². The standard InChI is InChI=1S/C11H20O7/c1-6(13)3-2-4-17-11-10(16)9(15)8(14)7(5-12)18-11/h7-12,14-16H,2-5H2,1H3/t7-,8-,9+,10-,11+/m1/s1. The number of carbonyl (C=O) groups is 1. The van der Waals surface area contributed by atoms with E-state index < -0.39 is 37.3 Å². The van der Waals surface area contributed by atoms with Gasteiger partial charge in [0.1, 0.15) is 30.2 Å². The Kier molecular flexibility index (Phi) is 6.13. The molecular weight excluding hydrogens is 244 g/mol. The summed E-state index contributed by atoms with van der Waals surface area (Å²) in [6.07, 6.45) is -5.47. The Morgan fingerprint density at radius 3 is 2.44 bits per heavy atom. The third-order valence-electron chi connectivity index (χ3n) is 2.80. The molecule has 1 saturated heterocycles. The van der Waals surface area contributed by atoms with Crippen molar-refractivity contribution in [1.82, 2.24) is 0 Å². The lowest BCUT2D eigenvalue weighted by Crippen LogP contribution is -2.59. The number of hydrogen-bond acceptors (Lipinski definition) is 7. The van der Waals surface area contributed by atoms with E-state index in [-0.39, 0.29) is 12.4 Å². The molecule has 7 heteroatoms. The van der Waals surface area contributed by atoms with Crippen LogP contribution >= 0.6 is 0 Å². The van der Waals surface area contributed by atoms with Gasteiger partial charge in [0, 0.05) is 6.42 Å². The summed E-state index contributed by atoms with van der Waals surface area (Å²) in [6, 6.07) is 0. The molecule has 0 unspecified atom stereocenters. The molecule has 1 fully saturated rings. The van der Waals surface area contributed by atoms with Crippen molar-refractivity contribution in [2.24, 2.45) is 0 Å². The molecule has 0 spiro atoms. The van der Waals surface area contributed by atoms with E-state index in [0.717, 1.165) is 0 Å². The summed E-state index contributed by atoms with van der Waals surface area (Å²) in [6.45, 7) is 1.16. The molecule has 1 rings (SSSR count). The van der Waals surface area contributed by atoms with Gasteiger partial charge < -0.3 is 34.7 Å². The van der Waals surface area contributed by atoms with Crippen molar-refractivity contribution >= 4 is 5.78 Å². The maximum Gasteiger partial charge on any atom is 0.186 e. The highest BCUT2D eigenvalue weighted by atomic mass is 16.7. The second kappa shape index (κ2) is 7.13. The van der Waals surface area contributed by atoms with Crippen LogP contribution in [0.2, 0.25) is 0 Å². The molecule has 18 heavy (non-hydrogen) atoms. The number of aliphatic hydroxyl groups excluding tert-OH is 4. The average molecular weight is 264 g/mol. The van der Waals surface area contributed by atoms with Crippen LogP contribution in [0, 0.1) is 0 Å². The van der Waals surface area contributed by atoms with Crippen LogP contribution in [-0.4, -0.2) is 70.1 Å². The van der Waals surface area contributed by atoms with Gasteiger partial charge in [-0.1, -0.05) is 0 Å². The predicted molar refractivity (Wildman–Crippen MR) is 59.6 cm³/mol. The van der Waals surface area contributed by atoms with Gasteiger partial charge in [0.05, 0.1) is 13.2 Å². The SMILES string of the molecule is CC(=O)CCCO[C@H]1O[C@H](CO)[C@@H](O)[C@H](O)[C@H]1O. The Morgan fingerprint density at radius 1 is 1.22 bits per heavy atom. The molecule has 0 bridgehead atoms. The zero-order chi connectivity index (χ0) is 13.7. The van der Waals surface area contributed by atoms with Crippen molar-refractivity contribution < 1.29 is 34.7 Å². The number of aliphatic hydroxyl groups is 4. The first kappa shape index (κ1) is 15.5. The van der Waals surface area contributed by atoms with E-state index in [1.807, 2.05) is 0 Å². The van der Waals surface area contributed by atoms with Gasteiger partial charge in [0.2, 0.25) is 0 Å². The minimum absolute atomic E-state index is 0.0346. The molecule has 0 aromatic carbocycles. The quantitative estimate of drug-likeness (QED) is 0.417. The van der Waals surface area contributed by atoms with Gasteiger partial charge in [-0.05, 0) is 13.3 Å². The van der Waals surface area contributed by atoms with E-state index in [0.29, 0.717) is 12.8 Å². The van der Waals surface area contributed by atoms with Gasteiger partial charge in [0.25, 0.3) is 0 Å². The van der Waals surface area contributed by atoms with Crippen molar-refractivity contribution in [3.63, 3.8) is 0 Å². The van der Waals surface area contributed by atoms with Crippen LogP contribution in [0.15, 0.2) is 0 Å². The van der Waals surface area contributed by atoms with Crippen molar-refractivity contribution in [3.05, 3.63) is 0 Å². The lowest BCUT2D eigenvalue weighted by Gasteiger charge is -2.39. The summed E-state index contributed by atoms with van der Waals surface area (Å²) in [7, 11) is 0.